The standard InChI is InChI=1S/C20H31NSi/c1-15(2)22(16(3)4,17(5)6)13-11-18-9-10-20-19(14-18)8-7-12-21-20/h9-10,14-17,21H,7-8,12H2,1-6H3. The van der Waals surface area contributed by atoms with Crippen LogP contribution in [-0.2, 0) is 6.42 Å². The Morgan fingerprint density at radius 3 is 2.23 bits per heavy atom. The summed E-state index contributed by atoms with van der Waals surface area (Å²) in [4.78, 5) is 0. The number of aryl methyl sites for hydroxylation is 1. The van der Waals surface area contributed by atoms with Crippen LogP contribution < -0.4 is 5.32 Å². The Morgan fingerprint density at radius 1 is 1.00 bits per heavy atom. The lowest BCUT2D eigenvalue weighted by molar-refractivity contribution is 0.830. The van der Waals surface area contributed by atoms with E-state index in [1.165, 1.54) is 29.7 Å². The molecule has 1 heterocycles. The van der Waals surface area contributed by atoms with Gasteiger partial charge in [-0.3, -0.25) is 0 Å². The Hall–Kier alpha value is -1.20. The molecule has 1 aromatic carbocycles. The van der Waals surface area contributed by atoms with Gasteiger partial charge in [-0.15, -0.1) is 5.54 Å². The van der Waals surface area contributed by atoms with E-state index < -0.39 is 8.07 Å². The zero-order chi connectivity index (χ0) is 16.3. The monoisotopic (exact) mass is 313 g/mol. The molecule has 0 spiro atoms. The Bertz CT molecular complexity index is 553. The van der Waals surface area contributed by atoms with Crippen LogP contribution in [0.1, 0.15) is 59.1 Å². The molecule has 2 rings (SSSR count). The molecule has 1 N–H and O–H groups in total. The second-order valence-electron chi connectivity index (χ2n) is 7.55. The largest absolute Gasteiger partial charge is 0.385 e. The van der Waals surface area contributed by atoms with Gasteiger partial charge >= 0.3 is 0 Å². The van der Waals surface area contributed by atoms with Crippen molar-refractivity contribution in [3.8, 4) is 11.5 Å². The predicted octanol–water partition coefficient (Wildman–Crippen LogP) is 5.61. The second kappa shape index (κ2) is 6.92. The van der Waals surface area contributed by atoms with Crippen molar-refractivity contribution < 1.29 is 0 Å². The summed E-state index contributed by atoms with van der Waals surface area (Å²) < 4.78 is 0. The summed E-state index contributed by atoms with van der Waals surface area (Å²) in [6.07, 6.45) is 2.41. The highest BCUT2D eigenvalue weighted by molar-refractivity contribution is 6.90. The van der Waals surface area contributed by atoms with Gasteiger partial charge in [0.25, 0.3) is 0 Å². The summed E-state index contributed by atoms with van der Waals surface area (Å²) in [5.74, 6) is 3.56. The highest BCUT2D eigenvalue weighted by Gasteiger charge is 2.41. The van der Waals surface area contributed by atoms with E-state index in [2.05, 4.69) is 76.5 Å². The number of anilines is 1. The first-order valence-corrected chi connectivity index (χ1v) is 11.0. The Kier molecular flexibility index (Phi) is 5.39. The number of rotatable bonds is 3. The zero-order valence-electron chi connectivity index (χ0n) is 15.1. The molecule has 0 bridgehead atoms. The lowest BCUT2D eigenvalue weighted by Crippen LogP contribution is -2.43. The van der Waals surface area contributed by atoms with Gasteiger partial charge in [-0.05, 0) is 53.2 Å². The van der Waals surface area contributed by atoms with Gasteiger partial charge in [0.2, 0.25) is 0 Å². The normalized spacial score (nSPS) is 14.6. The van der Waals surface area contributed by atoms with Crippen LogP contribution in [0.15, 0.2) is 18.2 Å². The van der Waals surface area contributed by atoms with E-state index in [4.69, 9.17) is 0 Å². The van der Waals surface area contributed by atoms with Gasteiger partial charge in [0.1, 0.15) is 8.07 Å². The SMILES string of the molecule is CC(C)[Si](C#Cc1ccc2c(c1)CCCN2)(C(C)C)C(C)C. The third kappa shape index (κ3) is 3.25. The fourth-order valence-electron chi connectivity index (χ4n) is 4.17. The maximum absolute atomic E-state index is 3.82. The van der Waals surface area contributed by atoms with Crippen molar-refractivity contribution in [2.75, 3.05) is 11.9 Å². The zero-order valence-corrected chi connectivity index (χ0v) is 16.1. The Balaban J connectivity index is 2.37. The van der Waals surface area contributed by atoms with Crippen molar-refractivity contribution >= 4 is 13.8 Å². The molecule has 1 nitrogen and oxygen atoms in total. The molecule has 0 unspecified atom stereocenters. The summed E-state index contributed by atoms with van der Waals surface area (Å²) in [5.41, 5.74) is 9.84. The molecule has 2 heteroatoms. The van der Waals surface area contributed by atoms with Gasteiger partial charge in [-0.25, -0.2) is 0 Å². The van der Waals surface area contributed by atoms with Crippen LogP contribution in [-0.4, -0.2) is 14.6 Å². The van der Waals surface area contributed by atoms with E-state index in [9.17, 15) is 0 Å². The fraction of sp³-hybridized carbons (Fsp3) is 0.600. The van der Waals surface area contributed by atoms with E-state index in [0.717, 1.165) is 6.54 Å². The summed E-state index contributed by atoms with van der Waals surface area (Å²) in [6.45, 7) is 15.3. The van der Waals surface area contributed by atoms with E-state index in [1.807, 2.05) is 0 Å². The lowest BCUT2D eigenvalue weighted by Gasteiger charge is -2.38. The molecule has 0 fully saturated rings. The smallest absolute Gasteiger partial charge is 0.146 e. The van der Waals surface area contributed by atoms with E-state index in [0.29, 0.717) is 16.6 Å². The predicted molar refractivity (Wildman–Crippen MR) is 101 cm³/mol. The third-order valence-corrected chi connectivity index (χ3v) is 11.6. The summed E-state index contributed by atoms with van der Waals surface area (Å²) >= 11 is 0. The summed E-state index contributed by atoms with van der Waals surface area (Å²) in [6, 6.07) is 6.70. The van der Waals surface area contributed by atoms with Crippen molar-refractivity contribution in [2.24, 2.45) is 0 Å². The molecule has 1 aliphatic rings. The van der Waals surface area contributed by atoms with Crippen LogP contribution in [0.3, 0.4) is 0 Å². The average molecular weight is 314 g/mol. The van der Waals surface area contributed by atoms with Crippen LogP contribution in [0.4, 0.5) is 5.69 Å². The molecular weight excluding hydrogens is 282 g/mol. The first kappa shape index (κ1) is 17.2. The van der Waals surface area contributed by atoms with Crippen LogP contribution in [0, 0.1) is 11.5 Å². The van der Waals surface area contributed by atoms with E-state index in [1.54, 1.807) is 0 Å². The number of hydrogen-bond donors (Lipinski definition) is 1. The Labute approximate surface area is 137 Å². The van der Waals surface area contributed by atoms with Crippen LogP contribution in [0.25, 0.3) is 0 Å². The highest BCUT2D eigenvalue weighted by Crippen LogP contribution is 2.40. The maximum Gasteiger partial charge on any atom is 0.146 e. The molecule has 0 aromatic heterocycles. The van der Waals surface area contributed by atoms with Crippen molar-refractivity contribution in [3.05, 3.63) is 29.3 Å². The number of fused-ring (bicyclic) bond motifs is 1. The van der Waals surface area contributed by atoms with Gasteiger partial charge in [0.05, 0.1) is 0 Å². The molecule has 0 radical (unpaired) electrons. The number of nitrogens with one attached hydrogen (secondary N) is 1. The van der Waals surface area contributed by atoms with Crippen LogP contribution in [0.5, 0.6) is 0 Å². The maximum atomic E-state index is 3.82. The van der Waals surface area contributed by atoms with Gasteiger partial charge < -0.3 is 5.32 Å². The molecule has 1 aromatic rings. The van der Waals surface area contributed by atoms with E-state index >= 15 is 0 Å². The molecule has 0 atom stereocenters. The number of benzene rings is 1. The van der Waals surface area contributed by atoms with Crippen LogP contribution >= 0.6 is 0 Å². The van der Waals surface area contributed by atoms with Crippen molar-refractivity contribution in [3.63, 3.8) is 0 Å². The van der Waals surface area contributed by atoms with Gasteiger partial charge in [-0.1, -0.05) is 47.5 Å². The molecular formula is C20H31NSi. The summed E-state index contributed by atoms with van der Waals surface area (Å²) in [5, 5.41) is 3.48. The highest BCUT2D eigenvalue weighted by atomic mass is 28.3. The van der Waals surface area contributed by atoms with Crippen LogP contribution in [0.2, 0.25) is 16.6 Å². The molecule has 0 aliphatic carbocycles. The summed E-state index contributed by atoms with van der Waals surface area (Å²) in [7, 11) is -1.62. The molecule has 0 amide bonds. The Morgan fingerprint density at radius 2 is 1.64 bits per heavy atom. The quantitative estimate of drug-likeness (QED) is 0.564. The fourth-order valence-corrected chi connectivity index (χ4v) is 9.39. The average Bonchev–Trinajstić information content (AvgIpc) is 2.46. The molecule has 22 heavy (non-hydrogen) atoms. The lowest BCUT2D eigenvalue weighted by atomic mass is 10.0. The molecule has 120 valence electrons. The minimum Gasteiger partial charge on any atom is -0.385 e. The second-order valence-corrected chi connectivity index (χ2v) is 13.1. The van der Waals surface area contributed by atoms with Crippen molar-refractivity contribution in [1.82, 2.24) is 0 Å². The molecule has 0 saturated carbocycles. The van der Waals surface area contributed by atoms with Gasteiger partial charge in [0.15, 0.2) is 0 Å². The third-order valence-electron chi connectivity index (χ3n) is 5.33. The number of hydrogen-bond acceptors (Lipinski definition) is 1. The topological polar surface area (TPSA) is 12.0 Å². The van der Waals surface area contributed by atoms with E-state index in [-0.39, 0.29) is 0 Å². The van der Waals surface area contributed by atoms with Crippen molar-refractivity contribution in [2.45, 2.75) is 71.0 Å². The first-order valence-electron chi connectivity index (χ1n) is 8.78. The molecule has 0 saturated heterocycles. The van der Waals surface area contributed by atoms with Gasteiger partial charge in [-0.2, -0.15) is 0 Å². The minimum absolute atomic E-state index is 0.694. The first-order chi connectivity index (χ1) is 10.4. The molecule has 1 aliphatic heterocycles. The van der Waals surface area contributed by atoms with Gasteiger partial charge in [0, 0.05) is 17.8 Å². The van der Waals surface area contributed by atoms with Crippen molar-refractivity contribution in [1.29, 1.82) is 0 Å². The minimum atomic E-state index is -1.62.